The molecule has 3 N–H and O–H groups in total. The number of hydrogen-bond donors (Lipinski definition) is 2. The van der Waals surface area contributed by atoms with Crippen LogP contribution in [0.4, 0.5) is 0 Å². The minimum absolute atomic E-state index is 0.154. The lowest BCUT2D eigenvalue weighted by Crippen LogP contribution is -2.29. The summed E-state index contributed by atoms with van der Waals surface area (Å²) in [6, 6.07) is 15.4. The number of hydrogen-bond acceptors (Lipinski definition) is 4. The number of amides is 1. The van der Waals surface area contributed by atoms with Gasteiger partial charge in [-0.15, -0.1) is 0 Å². The van der Waals surface area contributed by atoms with E-state index in [4.69, 9.17) is 5.73 Å². The molecule has 26 heavy (non-hydrogen) atoms. The maximum atomic E-state index is 12.2. The molecule has 140 valence electrons. The molecule has 2 unspecified atom stereocenters. The van der Waals surface area contributed by atoms with Crippen LogP contribution >= 0.6 is 0 Å². The Balaban J connectivity index is 1.99. The Labute approximate surface area is 155 Å². The molecule has 2 aromatic rings. The highest BCUT2D eigenvalue weighted by Crippen LogP contribution is 2.19. The first-order valence-corrected chi connectivity index (χ1v) is 9.78. The average molecular weight is 375 g/mol. The van der Waals surface area contributed by atoms with E-state index < -0.39 is 10.0 Å². The van der Waals surface area contributed by atoms with Gasteiger partial charge in [0.1, 0.15) is 0 Å². The molecular formula is C19H25N3O3S. The molecule has 0 aliphatic carbocycles. The third kappa shape index (κ3) is 4.91. The molecule has 0 spiro atoms. The van der Waals surface area contributed by atoms with Gasteiger partial charge in [-0.25, -0.2) is 12.7 Å². The monoisotopic (exact) mass is 375 g/mol. The molecule has 0 heterocycles. The fourth-order valence-electron chi connectivity index (χ4n) is 2.54. The topological polar surface area (TPSA) is 92.5 Å². The molecular weight excluding hydrogens is 350 g/mol. The highest BCUT2D eigenvalue weighted by molar-refractivity contribution is 7.89. The Kier molecular flexibility index (Phi) is 6.52. The van der Waals surface area contributed by atoms with Gasteiger partial charge < -0.3 is 11.1 Å². The summed E-state index contributed by atoms with van der Waals surface area (Å²) in [6.07, 6.45) is 0.182. The van der Waals surface area contributed by atoms with Crippen LogP contribution in [-0.2, 0) is 14.8 Å². The van der Waals surface area contributed by atoms with Crippen molar-refractivity contribution in [3.8, 4) is 0 Å². The van der Waals surface area contributed by atoms with Crippen molar-refractivity contribution in [2.75, 3.05) is 14.1 Å². The summed E-state index contributed by atoms with van der Waals surface area (Å²) < 4.78 is 25.3. The van der Waals surface area contributed by atoms with Gasteiger partial charge in [0.15, 0.2) is 0 Å². The number of benzene rings is 2. The molecule has 2 aromatic carbocycles. The number of rotatable bonds is 7. The van der Waals surface area contributed by atoms with Crippen molar-refractivity contribution in [2.45, 2.75) is 30.3 Å². The van der Waals surface area contributed by atoms with Crippen LogP contribution in [-0.4, -0.2) is 32.7 Å². The van der Waals surface area contributed by atoms with Crippen LogP contribution in [0.2, 0.25) is 0 Å². The van der Waals surface area contributed by atoms with Crippen LogP contribution in [0.15, 0.2) is 59.5 Å². The highest BCUT2D eigenvalue weighted by Gasteiger charge is 2.18. The van der Waals surface area contributed by atoms with E-state index in [1.165, 1.54) is 14.1 Å². The van der Waals surface area contributed by atoms with Crippen molar-refractivity contribution < 1.29 is 13.2 Å². The maximum absolute atomic E-state index is 12.2. The summed E-state index contributed by atoms with van der Waals surface area (Å²) in [7, 11) is -0.483. The van der Waals surface area contributed by atoms with Gasteiger partial charge in [0, 0.05) is 26.6 Å². The fraction of sp³-hybridized carbons (Fsp3) is 0.316. The second-order valence-electron chi connectivity index (χ2n) is 6.37. The van der Waals surface area contributed by atoms with Crippen molar-refractivity contribution in [2.24, 2.45) is 5.73 Å². The van der Waals surface area contributed by atoms with Crippen LogP contribution in [0.1, 0.15) is 36.6 Å². The molecule has 0 aliphatic rings. The minimum Gasteiger partial charge on any atom is -0.350 e. The molecule has 2 rings (SSSR count). The van der Waals surface area contributed by atoms with E-state index >= 15 is 0 Å². The first-order chi connectivity index (χ1) is 12.2. The number of carbonyl (C=O) groups is 1. The van der Waals surface area contributed by atoms with Gasteiger partial charge in [-0.05, 0) is 30.2 Å². The van der Waals surface area contributed by atoms with Gasteiger partial charge >= 0.3 is 0 Å². The van der Waals surface area contributed by atoms with E-state index in [-0.39, 0.29) is 29.3 Å². The second kappa shape index (κ2) is 8.44. The Morgan fingerprint density at radius 1 is 1.04 bits per heavy atom. The standard InChI is InChI=1S/C19H25N3O3S/c1-14(15-9-11-17(12-10-15)26(24,25)22(2)3)21-19(23)13-18(20)16-7-5-4-6-8-16/h4-12,14,18H,13,20H2,1-3H3,(H,21,23). The zero-order valence-electron chi connectivity index (χ0n) is 15.2. The largest absolute Gasteiger partial charge is 0.350 e. The van der Waals surface area contributed by atoms with Crippen molar-refractivity contribution in [1.29, 1.82) is 0 Å². The van der Waals surface area contributed by atoms with Crippen LogP contribution in [0, 0.1) is 0 Å². The number of sulfonamides is 1. The summed E-state index contributed by atoms with van der Waals surface area (Å²) in [6.45, 7) is 1.85. The Hall–Kier alpha value is -2.22. The second-order valence-corrected chi connectivity index (χ2v) is 8.52. The first-order valence-electron chi connectivity index (χ1n) is 8.34. The van der Waals surface area contributed by atoms with Crippen LogP contribution < -0.4 is 11.1 Å². The van der Waals surface area contributed by atoms with Crippen molar-refractivity contribution in [1.82, 2.24) is 9.62 Å². The predicted octanol–water partition coefficient (Wildman–Crippen LogP) is 2.20. The highest BCUT2D eigenvalue weighted by atomic mass is 32.2. The quantitative estimate of drug-likeness (QED) is 0.776. The maximum Gasteiger partial charge on any atom is 0.242 e. The Bertz CT molecular complexity index is 834. The molecule has 1 amide bonds. The molecule has 0 radical (unpaired) electrons. The lowest BCUT2D eigenvalue weighted by Gasteiger charge is -2.18. The normalized spacial score (nSPS) is 14.0. The smallest absolute Gasteiger partial charge is 0.242 e. The van der Waals surface area contributed by atoms with E-state index in [1.807, 2.05) is 37.3 Å². The van der Waals surface area contributed by atoms with Crippen molar-refractivity contribution in [3.05, 3.63) is 65.7 Å². The summed E-state index contributed by atoms with van der Waals surface area (Å²) >= 11 is 0. The van der Waals surface area contributed by atoms with E-state index in [0.717, 1.165) is 15.4 Å². The fourth-order valence-corrected chi connectivity index (χ4v) is 3.44. The molecule has 7 heteroatoms. The molecule has 6 nitrogen and oxygen atoms in total. The number of nitrogens with one attached hydrogen (secondary N) is 1. The van der Waals surface area contributed by atoms with E-state index in [9.17, 15) is 13.2 Å². The van der Waals surface area contributed by atoms with Gasteiger partial charge in [-0.3, -0.25) is 4.79 Å². The predicted molar refractivity (Wildman–Crippen MR) is 102 cm³/mol. The zero-order chi connectivity index (χ0) is 19.3. The van der Waals surface area contributed by atoms with Crippen LogP contribution in [0.5, 0.6) is 0 Å². The molecule has 0 saturated carbocycles. The van der Waals surface area contributed by atoms with E-state index in [1.54, 1.807) is 24.3 Å². The summed E-state index contributed by atoms with van der Waals surface area (Å²) in [5.41, 5.74) is 7.81. The molecule has 0 bridgehead atoms. The van der Waals surface area contributed by atoms with Crippen molar-refractivity contribution in [3.63, 3.8) is 0 Å². The lowest BCUT2D eigenvalue weighted by molar-refractivity contribution is -0.122. The number of carbonyl (C=O) groups excluding carboxylic acids is 1. The van der Waals surface area contributed by atoms with E-state index in [0.29, 0.717) is 0 Å². The third-order valence-electron chi connectivity index (χ3n) is 4.17. The average Bonchev–Trinajstić information content (AvgIpc) is 2.62. The zero-order valence-corrected chi connectivity index (χ0v) is 16.0. The summed E-state index contributed by atoms with van der Waals surface area (Å²) in [4.78, 5) is 12.5. The molecule has 0 fully saturated rings. The Morgan fingerprint density at radius 2 is 1.62 bits per heavy atom. The molecule has 0 saturated heterocycles. The number of nitrogens with zero attached hydrogens (tertiary/aromatic N) is 1. The van der Waals surface area contributed by atoms with Crippen LogP contribution in [0.3, 0.4) is 0 Å². The number of nitrogens with two attached hydrogens (primary N) is 1. The molecule has 2 atom stereocenters. The molecule has 0 aromatic heterocycles. The van der Waals surface area contributed by atoms with Gasteiger partial charge in [-0.1, -0.05) is 42.5 Å². The van der Waals surface area contributed by atoms with Gasteiger partial charge in [0.2, 0.25) is 15.9 Å². The summed E-state index contributed by atoms with van der Waals surface area (Å²) in [5, 5.41) is 2.90. The van der Waals surface area contributed by atoms with Crippen molar-refractivity contribution >= 4 is 15.9 Å². The molecule has 0 aliphatic heterocycles. The van der Waals surface area contributed by atoms with Crippen LogP contribution in [0.25, 0.3) is 0 Å². The SMILES string of the molecule is CC(NC(=O)CC(N)c1ccccc1)c1ccc(S(=O)(=O)N(C)C)cc1. The minimum atomic E-state index is -3.46. The first kappa shape index (κ1) is 20.1. The third-order valence-corrected chi connectivity index (χ3v) is 6.00. The lowest BCUT2D eigenvalue weighted by atomic mass is 10.0. The van der Waals surface area contributed by atoms with Gasteiger partial charge in [0.25, 0.3) is 0 Å². The Morgan fingerprint density at radius 3 is 2.15 bits per heavy atom. The van der Waals surface area contributed by atoms with Gasteiger partial charge in [-0.2, -0.15) is 0 Å². The van der Waals surface area contributed by atoms with Gasteiger partial charge in [0.05, 0.1) is 10.9 Å². The van der Waals surface area contributed by atoms with E-state index in [2.05, 4.69) is 5.32 Å². The summed E-state index contributed by atoms with van der Waals surface area (Å²) in [5.74, 6) is -0.154.